The zero-order valence-electron chi connectivity index (χ0n) is 15.3. The lowest BCUT2D eigenvalue weighted by Crippen LogP contribution is -2.40. The summed E-state index contributed by atoms with van der Waals surface area (Å²) >= 11 is 0. The van der Waals surface area contributed by atoms with Gasteiger partial charge in [-0.1, -0.05) is 24.3 Å². The number of fused-ring (bicyclic) bond motifs is 1. The highest BCUT2D eigenvalue weighted by Gasteiger charge is 2.40. The molecule has 1 saturated carbocycles. The number of aliphatic imine (C=N–C) groups is 1. The fourth-order valence-electron chi connectivity index (χ4n) is 3.37. The predicted molar refractivity (Wildman–Crippen MR) is 113 cm³/mol. The fourth-order valence-corrected chi connectivity index (χ4v) is 3.37. The minimum Gasteiger partial charge on any atom is -0.454 e. The molecule has 4 rings (SSSR count). The van der Waals surface area contributed by atoms with E-state index in [-0.39, 0.29) is 48.5 Å². The van der Waals surface area contributed by atoms with Crippen LogP contribution in [0.25, 0.3) is 0 Å². The van der Waals surface area contributed by atoms with Crippen LogP contribution in [0.5, 0.6) is 11.5 Å². The molecule has 2 aliphatic rings. The van der Waals surface area contributed by atoms with E-state index in [1.54, 1.807) is 13.1 Å². The van der Waals surface area contributed by atoms with Crippen LogP contribution >= 0.6 is 24.0 Å². The average molecular weight is 483 g/mol. The van der Waals surface area contributed by atoms with Crippen molar-refractivity contribution >= 4 is 29.9 Å². The fraction of sp³-hybridized carbons (Fsp3) is 0.350. The monoisotopic (exact) mass is 483 g/mol. The highest BCUT2D eigenvalue weighted by atomic mass is 127. The molecule has 0 bridgehead atoms. The number of nitrogens with one attached hydrogen (secondary N) is 1. The molecule has 0 amide bonds. The number of guanidine groups is 1. The number of hydrogen-bond donors (Lipinski definition) is 1. The summed E-state index contributed by atoms with van der Waals surface area (Å²) in [4.78, 5) is 6.42. The number of hydrogen-bond acceptors (Lipinski definition) is 3. The van der Waals surface area contributed by atoms with Crippen LogP contribution in [0.3, 0.4) is 0 Å². The first-order valence-corrected chi connectivity index (χ1v) is 8.73. The van der Waals surface area contributed by atoms with Gasteiger partial charge in [0.2, 0.25) is 6.79 Å². The minimum atomic E-state index is -0.134. The van der Waals surface area contributed by atoms with Gasteiger partial charge < -0.3 is 19.7 Å². The van der Waals surface area contributed by atoms with Crippen LogP contribution in [0.4, 0.5) is 4.39 Å². The van der Waals surface area contributed by atoms with Gasteiger partial charge in [-0.3, -0.25) is 4.99 Å². The second-order valence-corrected chi connectivity index (χ2v) is 6.71. The van der Waals surface area contributed by atoms with Gasteiger partial charge in [-0.15, -0.1) is 24.0 Å². The molecule has 0 aromatic heterocycles. The van der Waals surface area contributed by atoms with E-state index in [4.69, 9.17) is 9.47 Å². The van der Waals surface area contributed by atoms with Crippen molar-refractivity contribution in [2.45, 2.75) is 24.9 Å². The van der Waals surface area contributed by atoms with Gasteiger partial charge in [0.15, 0.2) is 17.5 Å². The molecule has 5 nitrogen and oxygen atoms in total. The van der Waals surface area contributed by atoms with E-state index in [9.17, 15) is 4.39 Å². The molecule has 1 aliphatic heterocycles. The smallest absolute Gasteiger partial charge is 0.231 e. The lowest BCUT2D eigenvalue weighted by atomic mass is 10.1. The summed E-state index contributed by atoms with van der Waals surface area (Å²) < 4.78 is 24.7. The molecule has 1 heterocycles. The predicted octanol–water partition coefficient (Wildman–Crippen LogP) is 3.74. The van der Waals surface area contributed by atoms with E-state index < -0.39 is 0 Å². The first-order chi connectivity index (χ1) is 12.7. The molecule has 2 unspecified atom stereocenters. The van der Waals surface area contributed by atoms with Gasteiger partial charge in [-0.05, 0) is 35.7 Å². The van der Waals surface area contributed by atoms with Gasteiger partial charge in [0.25, 0.3) is 0 Å². The van der Waals surface area contributed by atoms with Crippen molar-refractivity contribution in [3.63, 3.8) is 0 Å². The highest BCUT2D eigenvalue weighted by Crippen LogP contribution is 2.42. The summed E-state index contributed by atoms with van der Waals surface area (Å²) in [6.07, 6.45) is 0.915. The SMILES string of the molecule is CN=C(NC1CC1c1ccccc1F)N(C)Cc1ccc2c(c1)OCO2.I. The van der Waals surface area contributed by atoms with E-state index in [2.05, 4.69) is 10.3 Å². The second-order valence-electron chi connectivity index (χ2n) is 6.71. The largest absolute Gasteiger partial charge is 0.454 e. The first-order valence-electron chi connectivity index (χ1n) is 8.73. The maximum absolute atomic E-state index is 13.9. The lowest BCUT2D eigenvalue weighted by molar-refractivity contribution is 0.174. The van der Waals surface area contributed by atoms with E-state index in [0.29, 0.717) is 6.54 Å². The molecule has 0 radical (unpaired) electrons. The highest BCUT2D eigenvalue weighted by molar-refractivity contribution is 14.0. The number of benzene rings is 2. The van der Waals surface area contributed by atoms with Crippen molar-refractivity contribution in [2.24, 2.45) is 4.99 Å². The van der Waals surface area contributed by atoms with Crippen LogP contribution in [-0.2, 0) is 6.54 Å². The summed E-state index contributed by atoms with van der Waals surface area (Å²) in [6.45, 7) is 0.963. The summed E-state index contributed by atoms with van der Waals surface area (Å²) in [5.74, 6) is 2.43. The molecule has 7 heteroatoms. The Morgan fingerprint density at radius 3 is 2.78 bits per heavy atom. The van der Waals surface area contributed by atoms with Crippen molar-refractivity contribution in [1.29, 1.82) is 0 Å². The molecule has 1 fully saturated rings. The zero-order valence-corrected chi connectivity index (χ0v) is 17.6. The zero-order chi connectivity index (χ0) is 18.1. The van der Waals surface area contributed by atoms with Crippen LogP contribution in [-0.4, -0.2) is 37.8 Å². The van der Waals surface area contributed by atoms with E-state index in [1.807, 2.05) is 42.3 Å². The Morgan fingerprint density at radius 1 is 1.22 bits per heavy atom. The first kappa shape index (κ1) is 19.7. The Labute approximate surface area is 175 Å². The van der Waals surface area contributed by atoms with Gasteiger partial charge >= 0.3 is 0 Å². The summed E-state index contributed by atoms with van der Waals surface area (Å²) in [5.41, 5.74) is 1.89. The average Bonchev–Trinajstić information content (AvgIpc) is 3.24. The normalized spacial score (nSPS) is 20.0. The molecular weight excluding hydrogens is 460 g/mol. The maximum Gasteiger partial charge on any atom is 0.231 e. The number of rotatable bonds is 4. The second kappa shape index (κ2) is 8.33. The molecule has 2 atom stereocenters. The minimum absolute atomic E-state index is 0. The summed E-state index contributed by atoms with van der Waals surface area (Å²) in [6, 6.07) is 13.1. The molecule has 27 heavy (non-hydrogen) atoms. The van der Waals surface area contributed by atoms with E-state index in [1.165, 1.54) is 6.07 Å². The Kier molecular flexibility index (Phi) is 6.08. The molecule has 0 saturated heterocycles. The van der Waals surface area contributed by atoms with Crippen molar-refractivity contribution in [1.82, 2.24) is 10.2 Å². The lowest BCUT2D eigenvalue weighted by Gasteiger charge is -2.22. The Bertz CT molecular complexity index is 846. The Morgan fingerprint density at radius 2 is 2.00 bits per heavy atom. The van der Waals surface area contributed by atoms with E-state index in [0.717, 1.165) is 35.0 Å². The number of ether oxygens (including phenoxy) is 2. The van der Waals surface area contributed by atoms with Gasteiger partial charge in [-0.2, -0.15) is 0 Å². The van der Waals surface area contributed by atoms with Crippen molar-refractivity contribution in [2.75, 3.05) is 20.9 Å². The Hall–Kier alpha value is -2.03. The summed E-state index contributed by atoms with van der Waals surface area (Å²) in [7, 11) is 3.75. The molecular formula is C20H23FIN3O2. The van der Waals surface area contributed by atoms with Crippen LogP contribution < -0.4 is 14.8 Å². The third-order valence-electron chi connectivity index (χ3n) is 4.84. The van der Waals surface area contributed by atoms with Crippen molar-refractivity contribution in [3.05, 3.63) is 59.4 Å². The van der Waals surface area contributed by atoms with Crippen LogP contribution in [0, 0.1) is 5.82 Å². The maximum atomic E-state index is 13.9. The summed E-state index contributed by atoms with van der Waals surface area (Å²) in [5, 5.41) is 3.44. The quantitative estimate of drug-likeness (QED) is 0.409. The Balaban J connectivity index is 0.00000210. The van der Waals surface area contributed by atoms with Crippen molar-refractivity contribution < 1.29 is 13.9 Å². The van der Waals surface area contributed by atoms with Gasteiger partial charge in [0.1, 0.15) is 5.82 Å². The van der Waals surface area contributed by atoms with Crippen LogP contribution in [0.15, 0.2) is 47.5 Å². The molecule has 2 aromatic rings. The molecule has 1 N–H and O–H groups in total. The van der Waals surface area contributed by atoms with E-state index >= 15 is 0 Å². The standard InChI is InChI=1S/C20H22FN3O2.HI/c1-22-20(23-17-10-15(17)14-5-3-4-6-16(14)21)24(2)11-13-7-8-18-19(9-13)26-12-25-18;/h3-9,15,17H,10-12H2,1-2H3,(H,22,23);1H. The van der Waals surface area contributed by atoms with Gasteiger partial charge in [0, 0.05) is 32.6 Å². The van der Waals surface area contributed by atoms with Crippen molar-refractivity contribution in [3.8, 4) is 11.5 Å². The molecule has 144 valence electrons. The van der Waals surface area contributed by atoms with Crippen LogP contribution in [0.2, 0.25) is 0 Å². The third-order valence-corrected chi connectivity index (χ3v) is 4.84. The number of nitrogens with zero attached hydrogens (tertiary/aromatic N) is 2. The van der Waals surface area contributed by atoms with Gasteiger partial charge in [0.05, 0.1) is 0 Å². The molecule has 1 aliphatic carbocycles. The third kappa shape index (κ3) is 4.28. The molecule has 0 spiro atoms. The topological polar surface area (TPSA) is 46.1 Å². The molecule has 2 aromatic carbocycles. The van der Waals surface area contributed by atoms with Crippen LogP contribution in [0.1, 0.15) is 23.5 Å². The van der Waals surface area contributed by atoms with Gasteiger partial charge in [-0.25, -0.2) is 4.39 Å². The number of halogens is 2.